The van der Waals surface area contributed by atoms with Crippen LogP contribution in [-0.2, 0) is 0 Å². The molecule has 1 amide bonds. The van der Waals surface area contributed by atoms with Gasteiger partial charge in [-0.3, -0.25) is 0 Å². The van der Waals surface area contributed by atoms with Gasteiger partial charge in [-0.25, -0.2) is 4.79 Å². The Bertz CT molecular complexity index is 227. The first-order valence-electron chi connectivity index (χ1n) is 5.97. The highest BCUT2D eigenvalue weighted by molar-refractivity contribution is 5.66. The van der Waals surface area contributed by atoms with Crippen molar-refractivity contribution in [2.24, 2.45) is 5.73 Å². The molecule has 5 nitrogen and oxygen atoms in total. The van der Waals surface area contributed by atoms with Gasteiger partial charge in [-0.2, -0.15) is 0 Å². The van der Waals surface area contributed by atoms with Gasteiger partial charge >= 0.3 is 6.09 Å². The fourth-order valence-corrected chi connectivity index (χ4v) is 2.40. The Balaban J connectivity index is 2.68. The maximum atomic E-state index is 11.2. The third-order valence-electron chi connectivity index (χ3n) is 3.43. The average Bonchev–Trinajstić information content (AvgIpc) is 2.29. The zero-order chi connectivity index (χ0) is 12.1. The molecule has 1 aliphatic rings. The van der Waals surface area contributed by atoms with Gasteiger partial charge in [0.25, 0.3) is 0 Å². The molecule has 0 aromatic carbocycles. The summed E-state index contributed by atoms with van der Waals surface area (Å²) in [6.45, 7) is 1.82. The van der Waals surface area contributed by atoms with Crippen molar-refractivity contribution in [1.82, 2.24) is 4.90 Å². The predicted molar refractivity (Wildman–Crippen MR) is 61.3 cm³/mol. The van der Waals surface area contributed by atoms with E-state index in [1.165, 1.54) is 11.3 Å². The van der Waals surface area contributed by atoms with Crippen LogP contribution in [0.5, 0.6) is 0 Å². The molecular formula is C11H22N2O3. The molecule has 1 fully saturated rings. The van der Waals surface area contributed by atoms with Crippen LogP contribution < -0.4 is 5.73 Å². The summed E-state index contributed by atoms with van der Waals surface area (Å²) in [5.74, 6) is 0. The number of aliphatic hydroxyl groups excluding tert-OH is 1. The molecule has 94 valence electrons. The number of amides is 1. The van der Waals surface area contributed by atoms with Gasteiger partial charge < -0.3 is 20.8 Å². The lowest BCUT2D eigenvalue weighted by molar-refractivity contribution is 0.0303. The third kappa shape index (κ3) is 3.09. The van der Waals surface area contributed by atoms with Crippen molar-refractivity contribution in [1.29, 1.82) is 0 Å². The first kappa shape index (κ1) is 13.3. The summed E-state index contributed by atoms with van der Waals surface area (Å²) in [4.78, 5) is 12.6. The lowest BCUT2D eigenvalue weighted by atomic mass is 9.93. The molecule has 0 spiro atoms. The Hall–Kier alpha value is -0.810. The van der Waals surface area contributed by atoms with Crippen LogP contribution in [0.2, 0.25) is 0 Å². The second-order valence-corrected chi connectivity index (χ2v) is 4.53. The van der Waals surface area contributed by atoms with Crippen LogP contribution in [0.25, 0.3) is 0 Å². The van der Waals surface area contributed by atoms with E-state index in [4.69, 9.17) is 5.73 Å². The molecule has 2 atom stereocenters. The van der Waals surface area contributed by atoms with Crippen LogP contribution in [0.4, 0.5) is 4.79 Å². The van der Waals surface area contributed by atoms with Gasteiger partial charge in [0.2, 0.25) is 0 Å². The molecule has 0 aromatic heterocycles. The first-order chi connectivity index (χ1) is 7.57. The van der Waals surface area contributed by atoms with Gasteiger partial charge in [0.05, 0.1) is 12.1 Å². The van der Waals surface area contributed by atoms with Gasteiger partial charge in [0.15, 0.2) is 0 Å². The second kappa shape index (κ2) is 6.06. The SMILES string of the molecule is C[C@@H]([C@@H](O)CN)N(C(=O)O)C1CCCCC1. The van der Waals surface area contributed by atoms with E-state index in [0.29, 0.717) is 0 Å². The van der Waals surface area contributed by atoms with Crippen LogP contribution in [0.15, 0.2) is 0 Å². The monoisotopic (exact) mass is 230 g/mol. The molecule has 0 radical (unpaired) electrons. The first-order valence-corrected chi connectivity index (χ1v) is 5.97. The summed E-state index contributed by atoms with van der Waals surface area (Å²) >= 11 is 0. The minimum atomic E-state index is -0.952. The van der Waals surface area contributed by atoms with E-state index in [1.54, 1.807) is 6.92 Å². The number of nitrogens with two attached hydrogens (primary N) is 1. The van der Waals surface area contributed by atoms with Crippen LogP contribution in [0.1, 0.15) is 39.0 Å². The molecule has 0 bridgehead atoms. The molecular weight excluding hydrogens is 208 g/mol. The number of hydrogen-bond donors (Lipinski definition) is 3. The number of rotatable bonds is 4. The Morgan fingerprint density at radius 3 is 2.44 bits per heavy atom. The van der Waals surface area contributed by atoms with Crippen LogP contribution in [0.3, 0.4) is 0 Å². The molecule has 1 rings (SSSR count). The number of hydrogen-bond acceptors (Lipinski definition) is 3. The fourth-order valence-electron chi connectivity index (χ4n) is 2.40. The lowest BCUT2D eigenvalue weighted by Crippen LogP contribution is -2.52. The Kier molecular flexibility index (Phi) is 5.02. The second-order valence-electron chi connectivity index (χ2n) is 4.53. The molecule has 0 aromatic rings. The summed E-state index contributed by atoms with van der Waals surface area (Å²) in [5.41, 5.74) is 5.37. The van der Waals surface area contributed by atoms with Crippen LogP contribution in [-0.4, -0.2) is 45.9 Å². The van der Waals surface area contributed by atoms with E-state index in [0.717, 1.165) is 25.7 Å². The van der Waals surface area contributed by atoms with Gasteiger partial charge in [-0.15, -0.1) is 0 Å². The predicted octanol–water partition coefficient (Wildman–Crippen LogP) is 1.01. The molecule has 0 aliphatic heterocycles. The molecule has 16 heavy (non-hydrogen) atoms. The number of aliphatic hydroxyl groups is 1. The van der Waals surface area contributed by atoms with Gasteiger partial charge in [-0.05, 0) is 19.8 Å². The highest BCUT2D eigenvalue weighted by Crippen LogP contribution is 2.25. The summed E-state index contributed by atoms with van der Waals surface area (Å²) in [6, 6.07) is -0.381. The van der Waals surface area contributed by atoms with Crippen molar-refractivity contribution < 1.29 is 15.0 Å². The van der Waals surface area contributed by atoms with E-state index in [2.05, 4.69) is 0 Å². The Morgan fingerprint density at radius 2 is 2.00 bits per heavy atom. The molecule has 0 heterocycles. The van der Waals surface area contributed by atoms with Crippen molar-refractivity contribution in [2.75, 3.05) is 6.54 Å². The Morgan fingerprint density at radius 1 is 1.44 bits per heavy atom. The van der Waals surface area contributed by atoms with E-state index in [9.17, 15) is 15.0 Å². The van der Waals surface area contributed by atoms with Gasteiger partial charge in [-0.1, -0.05) is 19.3 Å². The highest BCUT2D eigenvalue weighted by atomic mass is 16.4. The molecule has 1 saturated carbocycles. The highest BCUT2D eigenvalue weighted by Gasteiger charge is 2.32. The van der Waals surface area contributed by atoms with E-state index in [1.807, 2.05) is 0 Å². The lowest BCUT2D eigenvalue weighted by Gasteiger charge is -2.38. The molecule has 1 aliphatic carbocycles. The Labute approximate surface area is 96.2 Å². The quantitative estimate of drug-likeness (QED) is 0.672. The van der Waals surface area contributed by atoms with Crippen molar-refractivity contribution in [2.45, 2.75) is 57.2 Å². The largest absolute Gasteiger partial charge is 0.465 e. The van der Waals surface area contributed by atoms with Gasteiger partial charge in [0, 0.05) is 12.6 Å². The van der Waals surface area contributed by atoms with Crippen molar-refractivity contribution in [3.05, 3.63) is 0 Å². The molecule has 4 N–H and O–H groups in total. The van der Waals surface area contributed by atoms with E-state index in [-0.39, 0.29) is 12.6 Å². The zero-order valence-corrected chi connectivity index (χ0v) is 9.80. The molecule has 5 heteroatoms. The maximum Gasteiger partial charge on any atom is 0.407 e. The minimum Gasteiger partial charge on any atom is -0.465 e. The smallest absolute Gasteiger partial charge is 0.407 e. The van der Waals surface area contributed by atoms with Crippen molar-refractivity contribution >= 4 is 6.09 Å². The van der Waals surface area contributed by atoms with E-state index < -0.39 is 18.2 Å². The summed E-state index contributed by atoms with van der Waals surface area (Å²) < 4.78 is 0. The number of nitrogens with zero attached hydrogens (tertiary/aromatic N) is 1. The van der Waals surface area contributed by atoms with Crippen molar-refractivity contribution in [3.8, 4) is 0 Å². The maximum absolute atomic E-state index is 11.2. The summed E-state index contributed by atoms with van der Waals surface area (Å²) in [6.07, 6.45) is 3.38. The van der Waals surface area contributed by atoms with E-state index >= 15 is 0 Å². The minimum absolute atomic E-state index is 0.0439. The zero-order valence-electron chi connectivity index (χ0n) is 9.80. The standard InChI is InChI=1S/C11H22N2O3/c1-8(10(14)7-12)13(11(15)16)9-5-3-2-4-6-9/h8-10,14H,2-7,12H2,1H3,(H,15,16)/t8-,10-/m0/s1. The normalized spacial score (nSPS) is 21.4. The third-order valence-corrected chi connectivity index (χ3v) is 3.43. The number of carbonyl (C=O) groups is 1. The topological polar surface area (TPSA) is 86.8 Å². The van der Waals surface area contributed by atoms with Crippen molar-refractivity contribution in [3.63, 3.8) is 0 Å². The number of carboxylic acid groups (broad SMARTS) is 1. The van der Waals surface area contributed by atoms with Crippen LogP contribution >= 0.6 is 0 Å². The fraction of sp³-hybridized carbons (Fsp3) is 0.909. The summed E-state index contributed by atoms with van der Waals surface area (Å²) in [7, 11) is 0. The van der Waals surface area contributed by atoms with Gasteiger partial charge in [0.1, 0.15) is 0 Å². The van der Waals surface area contributed by atoms with Crippen LogP contribution in [0, 0.1) is 0 Å². The average molecular weight is 230 g/mol. The molecule has 0 unspecified atom stereocenters. The summed E-state index contributed by atoms with van der Waals surface area (Å²) in [5, 5.41) is 18.9. The molecule has 0 saturated heterocycles.